The molecule has 6 nitrogen and oxygen atoms in total. The molecule has 3 atom stereocenters. The Morgan fingerprint density at radius 2 is 1.94 bits per heavy atom. The molecule has 1 spiro atoms. The Balaban J connectivity index is 1.10. The number of nitrogens with one attached hydrogen (secondary N) is 1. The minimum atomic E-state index is -3.26. The molecular formula is C25H32N4O2S. The first-order chi connectivity index (χ1) is 15.3. The van der Waals surface area contributed by atoms with E-state index in [1.54, 1.807) is 12.1 Å². The largest absolute Gasteiger partial charge is 0.341 e. The molecule has 0 unspecified atom stereocenters. The van der Waals surface area contributed by atoms with E-state index in [0.29, 0.717) is 27.8 Å². The Hall–Kier alpha value is -1.99. The number of benzene rings is 1. The highest BCUT2D eigenvalue weighted by atomic mass is 32.2. The summed E-state index contributed by atoms with van der Waals surface area (Å²) >= 11 is 0. The van der Waals surface area contributed by atoms with E-state index in [2.05, 4.69) is 22.4 Å². The maximum atomic E-state index is 12.0. The Bertz CT molecular complexity index is 1200. The van der Waals surface area contributed by atoms with Gasteiger partial charge in [0, 0.05) is 30.8 Å². The Morgan fingerprint density at radius 3 is 2.62 bits per heavy atom. The van der Waals surface area contributed by atoms with Gasteiger partial charge in [0.25, 0.3) is 0 Å². The van der Waals surface area contributed by atoms with Crippen molar-refractivity contribution in [2.24, 2.45) is 23.2 Å². The predicted octanol–water partition coefficient (Wildman–Crippen LogP) is 3.50. The van der Waals surface area contributed by atoms with Gasteiger partial charge in [-0.15, -0.1) is 0 Å². The summed E-state index contributed by atoms with van der Waals surface area (Å²) in [6, 6.07) is 5.69. The van der Waals surface area contributed by atoms with Crippen LogP contribution in [0.3, 0.4) is 0 Å². The smallest absolute Gasteiger partial charge is 0.226 e. The molecule has 7 heteroatoms. The van der Waals surface area contributed by atoms with Crippen molar-refractivity contribution in [1.82, 2.24) is 15.3 Å². The van der Waals surface area contributed by atoms with E-state index in [9.17, 15) is 8.42 Å². The van der Waals surface area contributed by atoms with Crippen molar-refractivity contribution in [3.63, 3.8) is 0 Å². The number of allylic oxidation sites excluding steroid dienone is 2. The third kappa shape index (κ3) is 3.36. The molecule has 1 N–H and O–H groups in total. The lowest BCUT2D eigenvalue weighted by molar-refractivity contribution is 0.322. The average Bonchev–Trinajstić information content (AvgIpc) is 3.44. The fourth-order valence-electron chi connectivity index (χ4n) is 6.58. The second kappa shape index (κ2) is 7.26. The molecule has 4 aliphatic rings. The summed E-state index contributed by atoms with van der Waals surface area (Å²) < 4.78 is 23.9. The number of piperidine rings is 1. The van der Waals surface area contributed by atoms with Gasteiger partial charge in [0.15, 0.2) is 9.84 Å². The minimum absolute atomic E-state index is 0.306. The van der Waals surface area contributed by atoms with Crippen LogP contribution >= 0.6 is 0 Å². The van der Waals surface area contributed by atoms with Gasteiger partial charge in [0.05, 0.1) is 16.1 Å². The molecule has 1 aromatic heterocycles. The van der Waals surface area contributed by atoms with Crippen molar-refractivity contribution in [1.29, 1.82) is 0 Å². The Kier molecular flexibility index (Phi) is 4.67. The zero-order valence-electron chi connectivity index (χ0n) is 18.9. The summed E-state index contributed by atoms with van der Waals surface area (Å²) in [5, 5.41) is 4.79. The second-order valence-electron chi connectivity index (χ2n) is 10.5. The molecule has 2 saturated carbocycles. The first kappa shape index (κ1) is 20.6. The molecule has 2 heterocycles. The van der Waals surface area contributed by atoms with Crippen molar-refractivity contribution in [2.45, 2.75) is 50.0 Å². The number of rotatable bonds is 5. The van der Waals surface area contributed by atoms with Crippen LogP contribution in [0.4, 0.5) is 5.95 Å². The van der Waals surface area contributed by atoms with Crippen LogP contribution in [-0.2, 0) is 9.84 Å². The van der Waals surface area contributed by atoms with Crippen LogP contribution in [0, 0.1) is 30.1 Å². The fourth-order valence-corrected chi connectivity index (χ4v) is 7.22. The van der Waals surface area contributed by atoms with Crippen LogP contribution in [-0.4, -0.2) is 50.3 Å². The lowest BCUT2D eigenvalue weighted by Gasteiger charge is -2.34. The van der Waals surface area contributed by atoms with Gasteiger partial charge >= 0.3 is 0 Å². The maximum absolute atomic E-state index is 12.0. The summed E-state index contributed by atoms with van der Waals surface area (Å²) in [6.07, 6.45) is 12.7. The standard InChI is InChI=1S/C25H32N4O2S/c1-16-21-5-4-20(32(2,30)31)14-23(21)28-24(27-16)29-11-7-19(8-12-29)26-15-17-13-18-3-6-22(17)25(18)9-10-25/h3-6,14,17-19,22,26H,7-13,15H2,1-2H3/t17-,18-,22+/m1/s1. The summed E-state index contributed by atoms with van der Waals surface area (Å²) in [5.74, 6) is 3.22. The summed E-state index contributed by atoms with van der Waals surface area (Å²) in [6.45, 7) is 4.97. The SMILES string of the molecule is Cc1nc(N2CCC(NC[C@H]3C[C@H]4C=C[C@@H]3C43CC3)CC2)nc2cc(S(C)(=O)=O)ccc12. The van der Waals surface area contributed by atoms with Gasteiger partial charge in [-0.25, -0.2) is 18.4 Å². The van der Waals surface area contributed by atoms with Crippen molar-refractivity contribution in [3.05, 3.63) is 36.0 Å². The first-order valence-corrected chi connectivity index (χ1v) is 13.9. The van der Waals surface area contributed by atoms with Gasteiger partial charge in [-0.05, 0) is 86.9 Å². The van der Waals surface area contributed by atoms with Crippen LogP contribution in [0.5, 0.6) is 0 Å². The molecule has 0 amide bonds. The number of aromatic nitrogens is 2. The van der Waals surface area contributed by atoms with E-state index in [1.807, 2.05) is 13.0 Å². The highest BCUT2D eigenvalue weighted by Gasteiger charge is 2.62. The zero-order chi connectivity index (χ0) is 22.1. The van der Waals surface area contributed by atoms with Gasteiger partial charge in [-0.2, -0.15) is 0 Å². The van der Waals surface area contributed by atoms with E-state index in [1.165, 1.54) is 25.5 Å². The summed E-state index contributed by atoms with van der Waals surface area (Å²) in [4.78, 5) is 12.0. The van der Waals surface area contributed by atoms with E-state index in [-0.39, 0.29) is 0 Å². The van der Waals surface area contributed by atoms with Gasteiger partial charge in [0.2, 0.25) is 5.95 Å². The molecule has 1 aromatic carbocycles. The van der Waals surface area contributed by atoms with E-state index in [4.69, 9.17) is 9.97 Å². The number of nitrogens with zero attached hydrogens (tertiary/aromatic N) is 3. The Labute approximate surface area is 190 Å². The molecule has 3 aliphatic carbocycles. The molecule has 1 aliphatic heterocycles. The van der Waals surface area contributed by atoms with Gasteiger partial charge in [-0.1, -0.05) is 12.2 Å². The molecule has 32 heavy (non-hydrogen) atoms. The van der Waals surface area contributed by atoms with Crippen LogP contribution in [0.2, 0.25) is 0 Å². The number of hydrogen-bond acceptors (Lipinski definition) is 6. The monoisotopic (exact) mass is 452 g/mol. The lowest BCUT2D eigenvalue weighted by Crippen LogP contribution is -2.44. The fraction of sp³-hybridized carbons (Fsp3) is 0.600. The topological polar surface area (TPSA) is 75.2 Å². The predicted molar refractivity (Wildman–Crippen MR) is 127 cm³/mol. The third-order valence-electron chi connectivity index (χ3n) is 8.57. The molecule has 3 fully saturated rings. The Morgan fingerprint density at radius 1 is 1.16 bits per heavy atom. The minimum Gasteiger partial charge on any atom is -0.341 e. The van der Waals surface area contributed by atoms with Gasteiger partial charge in [0.1, 0.15) is 0 Å². The molecule has 2 aromatic rings. The number of fused-ring (bicyclic) bond motifs is 1. The van der Waals surface area contributed by atoms with Crippen LogP contribution in [0.25, 0.3) is 10.9 Å². The molecule has 170 valence electrons. The van der Waals surface area contributed by atoms with Crippen LogP contribution in [0.1, 0.15) is 37.8 Å². The molecule has 0 radical (unpaired) electrons. The zero-order valence-corrected chi connectivity index (χ0v) is 19.7. The van der Waals surface area contributed by atoms with Crippen molar-refractivity contribution >= 4 is 26.7 Å². The lowest BCUT2D eigenvalue weighted by atomic mass is 9.88. The number of sulfone groups is 1. The first-order valence-electron chi connectivity index (χ1n) is 12.0. The van der Waals surface area contributed by atoms with Crippen molar-refractivity contribution in [2.75, 3.05) is 30.8 Å². The number of aryl methyl sites for hydroxylation is 1. The maximum Gasteiger partial charge on any atom is 0.226 e. The normalized spacial score (nSPS) is 28.8. The van der Waals surface area contributed by atoms with E-state index >= 15 is 0 Å². The van der Waals surface area contributed by atoms with Gasteiger partial charge in [-0.3, -0.25) is 0 Å². The highest BCUT2D eigenvalue weighted by molar-refractivity contribution is 7.90. The molecular weight excluding hydrogens is 420 g/mol. The summed E-state index contributed by atoms with van der Waals surface area (Å²) in [7, 11) is -3.26. The molecule has 2 bridgehead atoms. The van der Waals surface area contributed by atoms with Crippen LogP contribution in [0.15, 0.2) is 35.2 Å². The van der Waals surface area contributed by atoms with E-state index < -0.39 is 9.84 Å². The summed E-state index contributed by atoms with van der Waals surface area (Å²) in [5.41, 5.74) is 2.27. The van der Waals surface area contributed by atoms with E-state index in [0.717, 1.165) is 61.3 Å². The quantitative estimate of drug-likeness (QED) is 0.700. The number of hydrogen-bond donors (Lipinski definition) is 1. The highest BCUT2D eigenvalue weighted by Crippen LogP contribution is 2.69. The number of anilines is 1. The van der Waals surface area contributed by atoms with Crippen LogP contribution < -0.4 is 10.2 Å². The van der Waals surface area contributed by atoms with Gasteiger partial charge < -0.3 is 10.2 Å². The van der Waals surface area contributed by atoms with Crippen molar-refractivity contribution < 1.29 is 8.42 Å². The second-order valence-corrected chi connectivity index (χ2v) is 12.5. The third-order valence-corrected chi connectivity index (χ3v) is 9.68. The average molecular weight is 453 g/mol. The van der Waals surface area contributed by atoms with Crippen molar-refractivity contribution in [3.8, 4) is 0 Å². The molecule has 6 rings (SSSR count). The molecule has 1 saturated heterocycles.